The largest absolute Gasteiger partial charge is 0.473 e. The van der Waals surface area contributed by atoms with Gasteiger partial charge in [-0.2, -0.15) is 10.4 Å². The second-order valence-electron chi connectivity index (χ2n) is 14.1. The monoisotopic (exact) mass is 738 g/mol. The molecule has 2 fully saturated rings. The highest BCUT2D eigenvalue weighted by atomic mass is 16.5. The number of anilines is 2. The molecule has 6 aromatic rings. The van der Waals surface area contributed by atoms with Crippen LogP contribution in [0.25, 0.3) is 21.9 Å². The number of furan rings is 1. The van der Waals surface area contributed by atoms with Gasteiger partial charge in [0.1, 0.15) is 18.0 Å². The van der Waals surface area contributed by atoms with Gasteiger partial charge in [0.15, 0.2) is 0 Å². The summed E-state index contributed by atoms with van der Waals surface area (Å²) in [6.07, 6.45) is 3.86. The number of nitriles is 1. The van der Waals surface area contributed by atoms with E-state index in [4.69, 9.17) is 18.9 Å². The molecule has 0 spiro atoms. The molecule has 0 aliphatic carbocycles. The number of aromatic nitrogens is 3. The van der Waals surface area contributed by atoms with E-state index in [2.05, 4.69) is 56.5 Å². The molecule has 12 nitrogen and oxygen atoms in total. The lowest BCUT2D eigenvalue weighted by Gasteiger charge is -2.31. The van der Waals surface area contributed by atoms with E-state index in [9.17, 15) is 10.1 Å². The van der Waals surface area contributed by atoms with E-state index in [-0.39, 0.29) is 5.91 Å². The Morgan fingerprint density at radius 3 is 2.64 bits per heavy atom. The summed E-state index contributed by atoms with van der Waals surface area (Å²) in [5.41, 5.74) is 7.72. The summed E-state index contributed by atoms with van der Waals surface area (Å²) in [5, 5.41) is 24.8. The van der Waals surface area contributed by atoms with Crippen LogP contribution < -0.4 is 15.4 Å². The number of aromatic amines is 1. The van der Waals surface area contributed by atoms with E-state index in [1.165, 1.54) is 6.42 Å². The van der Waals surface area contributed by atoms with Crippen LogP contribution in [-0.4, -0.2) is 71.6 Å². The van der Waals surface area contributed by atoms with Gasteiger partial charge in [-0.3, -0.25) is 14.9 Å². The number of amides is 1. The van der Waals surface area contributed by atoms with Crippen molar-refractivity contribution >= 4 is 51.6 Å². The van der Waals surface area contributed by atoms with Gasteiger partial charge in [-0.15, -0.1) is 0 Å². The van der Waals surface area contributed by atoms with Gasteiger partial charge in [-0.05, 0) is 114 Å². The summed E-state index contributed by atoms with van der Waals surface area (Å²) in [4.78, 5) is 24.5. The number of rotatable bonds is 11. The molecule has 5 heterocycles. The maximum absolute atomic E-state index is 13.0. The van der Waals surface area contributed by atoms with E-state index >= 15 is 0 Å². The van der Waals surface area contributed by atoms with Gasteiger partial charge in [-0.25, -0.2) is 4.98 Å². The average molecular weight is 739 g/mol. The first-order valence-corrected chi connectivity index (χ1v) is 18.7. The molecule has 1 amide bonds. The number of fused-ring (bicyclic) bond motifs is 2. The van der Waals surface area contributed by atoms with Crippen molar-refractivity contribution in [1.29, 1.82) is 5.26 Å². The van der Waals surface area contributed by atoms with Crippen LogP contribution in [-0.2, 0) is 11.3 Å². The molecular formula is C43H46N8O4. The molecular weight excluding hydrogens is 693 g/mol. The Hall–Kier alpha value is -6.03. The van der Waals surface area contributed by atoms with Crippen molar-refractivity contribution < 1.29 is 18.7 Å². The minimum atomic E-state index is -0.199. The fourth-order valence-electron chi connectivity index (χ4n) is 6.93. The van der Waals surface area contributed by atoms with Crippen molar-refractivity contribution in [2.24, 2.45) is 4.99 Å². The van der Waals surface area contributed by atoms with Crippen molar-refractivity contribution in [3.05, 3.63) is 107 Å². The van der Waals surface area contributed by atoms with E-state index in [1.54, 1.807) is 6.07 Å². The van der Waals surface area contributed by atoms with Crippen molar-refractivity contribution in [1.82, 2.24) is 20.1 Å². The predicted octanol–water partition coefficient (Wildman–Crippen LogP) is 8.44. The molecule has 0 radical (unpaired) electrons. The second kappa shape index (κ2) is 17.0. The van der Waals surface area contributed by atoms with Crippen LogP contribution in [0.1, 0.15) is 70.7 Å². The van der Waals surface area contributed by atoms with Crippen molar-refractivity contribution in [3.63, 3.8) is 0 Å². The molecule has 3 N–H and O–H groups in total. The second-order valence-corrected chi connectivity index (χ2v) is 14.1. The van der Waals surface area contributed by atoms with E-state index in [1.807, 2.05) is 74.5 Å². The highest BCUT2D eigenvalue weighted by molar-refractivity contribution is 6.06. The van der Waals surface area contributed by atoms with Crippen LogP contribution in [0.2, 0.25) is 0 Å². The lowest BCUT2D eigenvalue weighted by atomic mass is 9.93. The minimum Gasteiger partial charge on any atom is -0.473 e. The minimum absolute atomic E-state index is 0.199. The van der Waals surface area contributed by atoms with Gasteiger partial charge >= 0.3 is 0 Å². The van der Waals surface area contributed by atoms with Crippen LogP contribution >= 0.6 is 0 Å². The number of carbonyl (C=O) groups excluding carboxylic acids is 1. The quantitative estimate of drug-likeness (QED) is 0.111. The Labute approximate surface area is 320 Å². The van der Waals surface area contributed by atoms with E-state index < -0.39 is 0 Å². The Kier molecular flexibility index (Phi) is 11.5. The maximum Gasteiger partial charge on any atom is 0.255 e. The number of hydrogen-bond donors (Lipinski definition) is 3. The first-order chi connectivity index (χ1) is 26.8. The first kappa shape index (κ1) is 37.3. The van der Waals surface area contributed by atoms with Crippen LogP contribution in [0.3, 0.4) is 0 Å². The van der Waals surface area contributed by atoms with Crippen molar-refractivity contribution in [3.8, 4) is 11.9 Å². The molecule has 2 aliphatic rings. The molecule has 0 saturated carbocycles. The van der Waals surface area contributed by atoms with E-state index in [0.717, 1.165) is 90.3 Å². The Balaban J connectivity index is 0.000000862. The summed E-state index contributed by atoms with van der Waals surface area (Å²) < 4.78 is 16.9. The Bertz CT molecular complexity index is 2350. The van der Waals surface area contributed by atoms with Gasteiger partial charge in [0, 0.05) is 70.7 Å². The van der Waals surface area contributed by atoms with Crippen LogP contribution in [0.15, 0.2) is 82.2 Å². The lowest BCUT2D eigenvalue weighted by Crippen LogP contribution is -2.36. The number of hydrogen-bond acceptors (Lipinski definition) is 10. The maximum atomic E-state index is 13.0. The van der Waals surface area contributed by atoms with E-state index in [0.29, 0.717) is 52.6 Å². The molecule has 0 bridgehead atoms. The zero-order valence-corrected chi connectivity index (χ0v) is 31.5. The van der Waals surface area contributed by atoms with Crippen molar-refractivity contribution in [2.75, 3.05) is 43.4 Å². The summed E-state index contributed by atoms with van der Waals surface area (Å²) >= 11 is 0. The molecule has 3 aromatic heterocycles. The van der Waals surface area contributed by atoms with Gasteiger partial charge in [0.25, 0.3) is 5.91 Å². The Morgan fingerprint density at radius 2 is 1.89 bits per heavy atom. The fraction of sp³-hybridized carbons (Fsp3) is 0.326. The summed E-state index contributed by atoms with van der Waals surface area (Å²) in [5.74, 6) is 1.51. The van der Waals surface area contributed by atoms with Crippen LogP contribution in [0.4, 0.5) is 17.1 Å². The number of carbonyl (C=O) groups is 1. The molecule has 3 aromatic carbocycles. The zero-order valence-electron chi connectivity index (χ0n) is 31.5. The molecule has 1 atom stereocenters. The van der Waals surface area contributed by atoms with Crippen LogP contribution in [0.5, 0.6) is 5.88 Å². The fourth-order valence-corrected chi connectivity index (χ4v) is 6.93. The van der Waals surface area contributed by atoms with Crippen LogP contribution in [0, 0.1) is 25.2 Å². The number of aliphatic imine (C=N–C) groups is 1. The smallest absolute Gasteiger partial charge is 0.255 e. The number of H-pyrrole nitrogens is 1. The summed E-state index contributed by atoms with van der Waals surface area (Å²) in [6.45, 7) is 14.5. The predicted molar refractivity (Wildman–Crippen MR) is 216 cm³/mol. The number of aryl methyl sites for hydroxylation is 2. The van der Waals surface area contributed by atoms with Gasteiger partial charge in [-0.1, -0.05) is 12.1 Å². The molecule has 12 heteroatoms. The molecule has 2 aliphatic heterocycles. The lowest BCUT2D eigenvalue weighted by molar-refractivity contribution is -0.0375. The van der Waals surface area contributed by atoms with Gasteiger partial charge < -0.3 is 29.4 Å². The summed E-state index contributed by atoms with van der Waals surface area (Å²) in [7, 11) is 0. The average Bonchev–Trinajstić information content (AvgIpc) is 3.78. The molecule has 282 valence electrons. The molecule has 2 saturated heterocycles. The number of likely N-dealkylation sites (tertiary alicyclic amines) is 1. The topological polar surface area (TPSA) is 154 Å². The van der Waals surface area contributed by atoms with Gasteiger partial charge in [0.05, 0.1) is 34.6 Å². The number of nitrogens with zero attached hydrogens (tertiary/aromatic N) is 5. The number of nitrogens with one attached hydrogen (secondary N) is 3. The molecule has 8 rings (SSSR count). The van der Waals surface area contributed by atoms with Crippen molar-refractivity contribution in [2.45, 2.75) is 58.7 Å². The Morgan fingerprint density at radius 1 is 1.07 bits per heavy atom. The third kappa shape index (κ3) is 8.86. The highest BCUT2D eigenvalue weighted by Crippen LogP contribution is 2.31. The number of benzene rings is 3. The zero-order chi connectivity index (χ0) is 38.3. The molecule has 55 heavy (non-hydrogen) atoms. The third-order valence-corrected chi connectivity index (χ3v) is 10.2. The summed E-state index contributed by atoms with van der Waals surface area (Å²) in [6, 6.07) is 24.9. The normalized spacial score (nSPS) is 15.8. The third-order valence-electron chi connectivity index (χ3n) is 10.2. The number of pyridine rings is 1. The number of piperidine rings is 1. The number of ether oxygens (including phenoxy) is 2. The first-order valence-electron chi connectivity index (χ1n) is 18.7. The molecule has 0 unspecified atom stereocenters. The highest BCUT2D eigenvalue weighted by Gasteiger charge is 2.22. The standard InChI is InChI=1S/C39H38N8O3.C4H8O/c1-24-19-32-28(22-40)7-8-29(38(32)50-24)23-49-37-6-4-5-33(44-37)26-13-16-47(17-14-26)18-15-42-35-12-10-30(21-36(35)41-3)43-39(48)27-9-11-34-31(20-27)25(2)45-46-34;1-4-2-3-5-4/h4-12,19-21,26,42H,3,13-18,23H2,1-2H3,(H,43,48)(H,45,46);4H,2-3H2,1H3/t;4-/m.1/s1. The SMILES string of the molecule is C=Nc1cc(NC(=O)c2ccc3n[nH]c(C)c3c2)ccc1NCCN1CCC(c2cccc(OCc3ccc(C#N)c4cc(C)oc34)n2)CC1.C[C@@H]1CCO1. The van der Waals surface area contributed by atoms with Gasteiger partial charge in [0.2, 0.25) is 5.88 Å².